The number of benzene rings is 1. The van der Waals surface area contributed by atoms with Crippen molar-refractivity contribution >= 4 is 15.7 Å². The maximum absolute atomic E-state index is 12.0. The molecule has 0 radical (unpaired) electrons. The minimum absolute atomic E-state index is 0.0397. The van der Waals surface area contributed by atoms with Gasteiger partial charge in [0.15, 0.2) is 0 Å². The van der Waals surface area contributed by atoms with Gasteiger partial charge in [-0.05, 0) is 37.1 Å². The Hall–Kier alpha value is -1.53. The highest BCUT2D eigenvalue weighted by Gasteiger charge is 2.17. The Labute approximate surface area is 121 Å². The molecule has 112 valence electrons. The molecule has 20 heavy (non-hydrogen) atoms. The van der Waals surface area contributed by atoms with Crippen LogP contribution in [0.5, 0.6) is 5.75 Å². The van der Waals surface area contributed by atoms with Gasteiger partial charge in [0.25, 0.3) is 0 Å². The van der Waals surface area contributed by atoms with E-state index in [2.05, 4.69) is 6.58 Å². The van der Waals surface area contributed by atoms with Crippen molar-refractivity contribution in [1.29, 1.82) is 0 Å². The quantitative estimate of drug-likeness (QED) is 0.429. The molecule has 1 aromatic rings. The molecular formula is C14H22N2O3S. The normalized spacial score (nSPS) is 11.5. The lowest BCUT2D eigenvalue weighted by atomic mass is 10.3. The molecule has 2 N–H and O–H groups in total. The Morgan fingerprint density at radius 2 is 2.00 bits per heavy atom. The van der Waals surface area contributed by atoms with Gasteiger partial charge in [-0.25, -0.2) is 12.7 Å². The first-order chi connectivity index (χ1) is 9.45. The molecule has 0 saturated carbocycles. The van der Waals surface area contributed by atoms with E-state index in [1.165, 1.54) is 4.31 Å². The number of ether oxygens (including phenoxy) is 1. The van der Waals surface area contributed by atoms with E-state index < -0.39 is 10.0 Å². The molecule has 5 nitrogen and oxygen atoms in total. The second-order valence-electron chi connectivity index (χ2n) is 4.49. The van der Waals surface area contributed by atoms with Crippen molar-refractivity contribution in [2.24, 2.45) is 0 Å². The van der Waals surface area contributed by atoms with Gasteiger partial charge in [-0.1, -0.05) is 6.08 Å². The minimum atomic E-state index is -3.27. The van der Waals surface area contributed by atoms with Crippen molar-refractivity contribution < 1.29 is 13.2 Å². The number of rotatable bonds is 9. The van der Waals surface area contributed by atoms with Crippen LogP contribution >= 0.6 is 0 Å². The highest BCUT2D eigenvalue weighted by Crippen LogP contribution is 2.13. The highest BCUT2D eigenvalue weighted by atomic mass is 32.2. The average molecular weight is 298 g/mol. The summed E-state index contributed by atoms with van der Waals surface area (Å²) in [6.07, 6.45) is 3.37. The number of unbranched alkanes of at least 4 members (excludes halogenated alkanes) is 1. The Balaban J connectivity index is 2.38. The number of nitrogen functional groups attached to an aromatic ring is 1. The van der Waals surface area contributed by atoms with Crippen molar-refractivity contribution in [3.05, 3.63) is 36.9 Å². The van der Waals surface area contributed by atoms with Gasteiger partial charge < -0.3 is 10.5 Å². The average Bonchev–Trinajstić information content (AvgIpc) is 2.41. The van der Waals surface area contributed by atoms with E-state index in [1.807, 2.05) is 0 Å². The van der Waals surface area contributed by atoms with Gasteiger partial charge in [-0.15, -0.1) is 6.58 Å². The Morgan fingerprint density at radius 3 is 2.60 bits per heavy atom. The van der Waals surface area contributed by atoms with Crippen molar-refractivity contribution in [3.63, 3.8) is 0 Å². The molecule has 0 aromatic heterocycles. The topological polar surface area (TPSA) is 72.6 Å². The fourth-order valence-electron chi connectivity index (χ4n) is 1.58. The zero-order valence-corrected chi connectivity index (χ0v) is 12.6. The van der Waals surface area contributed by atoms with Crippen molar-refractivity contribution in [3.8, 4) is 5.75 Å². The van der Waals surface area contributed by atoms with E-state index in [9.17, 15) is 8.42 Å². The largest absolute Gasteiger partial charge is 0.492 e. The van der Waals surface area contributed by atoms with Crippen LogP contribution < -0.4 is 10.5 Å². The van der Waals surface area contributed by atoms with Crippen LogP contribution in [-0.2, 0) is 10.0 Å². The Morgan fingerprint density at radius 1 is 1.35 bits per heavy atom. The molecule has 1 rings (SSSR count). The number of hydrogen-bond donors (Lipinski definition) is 1. The molecule has 0 atom stereocenters. The molecule has 0 heterocycles. The van der Waals surface area contributed by atoms with Gasteiger partial charge in [-0.2, -0.15) is 0 Å². The van der Waals surface area contributed by atoms with Crippen LogP contribution in [0, 0.1) is 0 Å². The summed E-state index contributed by atoms with van der Waals surface area (Å²) in [6, 6.07) is 6.86. The van der Waals surface area contributed by atoms with E-state index in [4.69, 9.17) is 10.5 Å². The van der Waals surface area contributed by atoms with E-state index >= 15 is 0 Å². The zero-order chi connectivity index (χ0) is 15.0. The third kappa shape index (κ3) is 5.63. The van der Waals surface area contributed by atoms with E-state index in [-0.39, 0.29) is 12.4 Å². The van der Waals surface area contributed by atoms with Gasteiger partial charge in [0, 0.05) is 19.3 Å². The van der Waals surface area contributed by atoms with Crippen molar-refractivity contribution in [1.82, 2.24) is 4.31 Å². The van der Waals surface area contributed by atoms with Crippen molar-refractivity contribution in [2.75, 3.05) is 31.7 Å². The number of nitrogens with zero attached hydrogens (tertiary/aromatic N) is 1. The summed E-state index contributed by atoms with van der Waals surface area (Å²) in [5.41, 5.74) is 6.20. The summed E-state index contributed by atoms with van der Waals surface area (Å²) in [5.74, 6) is 0.575. The van der Waals surface area contributed by atoms with Crippen LogP contribution in [0.2, 0.25) is 0 Å². The van der Waals surface area contributed by atoms with Gasteiger partial charge >= 0.3 is 0 Å². The van der Waals surface area contributed by atoms with Gasteiger partial charge in [-0.3, -0.25) is 0 Å². The second kappa shape index (κ2) is 7.91. The molecule has 0 unspecified atom stereocenters. The maximum Gasteiger partial charge on any atom is 0.217 e. The molecule has 0 aliphatic heterocycles. The van der Waals surface area contributed by atoms with Crippen LogP contribution in [-0.4, -0.2) is 38.7 Å². The molecular weight excluding hydrogens is 276 g/mol. The number of anilines is 1. The molecule has 0 aliphatic rings. The SMILES string of the molecule is C=CCCCN(C)S(=O)(=O)CCOc1ccc(N)cc1. The lowest BCUT2D eigenvalue weighted by Gasteiger charge is -2.16. The summed E-state index contributed by atoms with van der Waals surface area (Å²) < 4.78 is 30.7. The third-order valence-corrected chi connectivity index (χ3v) is 4.66. The van der Waals surface area contributed by atoms with Crippen LogP contribution in [0.15, 0.2) is 36.9 Å². The number of allylic oxidation sites excluding steroid dienone is 1. The van der Waals surface area contributed by atoms with Crippen LogP contribution in [0.3, 0.4) is 0 Å². The van der Waals surface area contributed by atoms with E-state index in [0.717, 1.165) is 12.8 Å². The fourth-order valence-corrected chi connectivity index (χ4v) is 2.59. The predicted molar refractivity (Wildman–Crippen MR) is 82.2 cm³/mol. The third-order valence-electron chi connectivity index (χ3n) is 2.85. The summed E-state index contributed by atoms with van der Waals surface area (Å²) in [6.45, 7) is 4.23. The molecule has 0 bridgehead atoms. The molecule has 1 aromatic carbocycles. The Bertz CT molecular complexity index is 512. The van der Waals surface area contributed by atoms with Gasteiger partial charge in [0.2, 0.25) is 10.0 Å². The van der Waals surface area contributed by atoms with Gasteiger partial charge in [0.05, 0.1) is 5.75 Å². The van der Waals surface area contributed by atoms with E-state index in [1.54, 1.807) is 37.4 Å². The summed E-state index contributed by atoms with van der Waals surface area (Å²) in [7, 11) is -1.68. The zero-order valence-electron chi connectivity index (χ0n) is 11.8. The van der Waals surface area contributed by atoms with Crippen LogP contribution in [0.1, 0.15) is 12.8 Å². The lowest BCUT2D eigenvalue weighted by molar-refractivity contribution is 0.336. The maximum atomic E-state index is 12.0. The van der Waals surface area contributed by atoms with Crippen molar-refractivity contribution in [2.45, 2.75) is 12.8 Å². The highest BCUT2D eigenvalue weighted by molar-refractivity contribution is 7.89. The molecule has 0 saturated heterocycles. The van der Waals surface area contributed by atoms with E-state index in [0.29, 0.717) is 18.0 Å². The first-order valence-corrected chi connectivity index (χ1v) is 8.10. The standard InChI is InChI=1S/C14H22N2O3S/c1-3-4-5-10-16(2)20(17,18)12-11-19-14-8-6-13(15)7-9-14/h3,6-9H,1,4-5,10-12,15H2,2H3. The summed E-state index contributed by atoms with van der Waals surface area (Å²) >= 11 is 0. The predicted octanol–water partition coefficient (Wildman–Crippen LogP) is 1.88. The van der Waals surface area contributed by atoms with Gasteiger partial charge in [0.1, 0.15) is 12.4 Å². The second-order valence-corrected chi connectivity index (χ2v) is 6.68. The molecule has 6 heteroatoms. The summed E-state index contributed by atoms with van der Waals surface area (Å²) in [5, 5.41) is 0. The fraction of sp³-hybridized carbons (Fsp3) is 0.429. The van der Waals surface area contributed by atoms with Crippen LogP contribution in [0.25, 0.3) is 0 Å². The smallest absolute Gasteiger partial charge is 0.217 e. The molecule has 0 amide bonds. The minimum Gasteiger partial charge on any atom is -0.492 e. The first kappa shape index (κ1) is 16.5. The number of nitrogens with two attached hydrogens (primary N) is 1. The molecule has 0 fully saturated rings. The Kier molecular flexibility index (Phi) is 6.54. The lowest BCUT2D eigenvalue weighted by Crippen LogP contribution is -2.32. The first-order valence-electron chi connectivity index (χ1n) is 6.49. The monoisotopic (exact) mass is 298 g/mol. The number of hydrogen-bond acceptors (Lipinski definition) is 4. The number of sulfonamides is 1. The van der Waals surface area contributed by atoms with Crippen LogP contribution in [0.4, 0.5) is 5.69 Å². The summed E-state index contributed by atoms with van der Waals surface area (Å²) in [4.78, 5) is 0. The molecule has 0 spiro atoms. The molecule has 0 aliphatic carbocycles.